The number of nitrogens with one attached hydrogen (secondary N) is 1. The van der Waals surface area contributed by atoms with Crippen molar-refractivity contribution in [3.05, 3.63) is 63.4 Å². The molecule has 1 aromatic heterocycles. The van der Waals surface area contributed by atoms with E-state index in [1.807, 2.05) is 5.01 Å². The Labute approximate surface area is 189 Å². The molecule has 1 N–H and O–H groups in total. The molecule has 0 spiro atoms. The molecule has 1 amide bonds. The van der Waals surface area contributed by atoms with E-state index in [1.54, 1.807) is 47.1 Å². The van der Waals surface area contributed by atoms with Crippen LogP contribution in [0.3, 0.4) is 0 Å². The molecule has 3 aromatic rings. The second-order valence-electron chi connectivity index (χ2n) is 6.41. The summed E-state index contributed by atoms with van der Waals surface area (Å²) in [7, 11) is 0. The zero-order valence-electron chi connectivity index (χ0n) is 15.1. The Balaban J connectivity index is 0.00000240. The summed E-state index contributed by atoms with van der Waals surface area (Å²) in [6, 6.07) is 12.2. The molecule has 2 heterocycles. The van der Waals surface area contributed by atoms with Gasteiger partial charge in [0.15, 0.2) is 5.82 Å². The highest BCUT2D eigenvalue weighted by molar-refractivity contribution is 6.36. The van der Waals surface area contributed by atoms with Crippen LogP contribution in [0, 0.1) is 0 Å². The third-order valence-electron chi connectivity index (χ3n) is 4.42. The first-order valence-corrected chi connectivity index (χ1v) is 9.89. The number of hydrogen-bond donors (Lipinski definition) is 1. The minimum absolute atomic E-state index is 0. The summed E-state index contributed by atoms with van der Waals surface area (Å²) >= 11 is 18.4. The predicted octanol–water partition coefficient (Wildman–Crippen LogP) is 5.06. The van der Waals surface area contributed by atoms with E-state index in [4.69, 9.17) is 34.8 Å². The Morgan fingerprint density at radius 1 is 0.966 bits per heavy atom. The minimum atomic E-state index is -0.360. The molecular weight excluding hydrogens is 456 g/mol. The van der Waals surface area contributed by atoms with Gasteiger partial charge in [0.2, 0.25) is 5.82 Å². The average molecular weight is 473 g/mol. The van der Waals surface area contributed by atoms with Crippen LogP contribution in [0.2, 0.25) is 15.1 Å². The highest BCUT2D eigenvalue weighted by Gasteiger charge is 2.23. The second-order valence-corrected chi connectivity index (χ2v) is 7.69. The van der Waals surface area contributed by atoms with Crippen LogP contribution in [0.1, 0.15) is 23.5 Å². The smallest absolute Gasteiger partial charge is 0.282 e. The van der Waals surface area contributed by atoms with Gasteiger partial charge in [-0.05, 0) is 55.3 Å². The maximum absolute atomic E-state index is 12.7. The SMILES string of the molecule is Cl.O=C(NN1CCCC1)c1nc(-c2ccc(Cl)cc2Cl)n(-c2ccc(Cl)cc2)n1. The number of nitrogens with zero attached hydrogens (tertiary/aromatic N) is 4. The topological polar surface area (TPSA) is 63.1 Å². The van der Waals surface area contributed by atoms with Crippen molar-refractivity contribution >= 4 is 53.1 Å². The van der Waals surface area contributed by atoms with Crippen molar-refractivity contribution in [2.75, 3.05) is 13.1 Å². The Kier molecular flexibility index (Phi) is 7.03. The van der Waals surface area contributed by atoms with Gasteiger partial charge in [0.25, 0.3) is 0 Å². The standard InChI is InChI=1S/C19H16Cl3N5O.ClH/c20-12-3-6-14(7-4-12)27-18(15-8-5-13(21)11-16(15)22)23-17(24-27)19(28)25-26-9-1-2-10-26;/h3-8,11H,1-2,9-10H2,(H,25,28);1H. The molecule has 152 valence electrons. The minimum Gasteiger partial charge on any atom is -0.282 e. The monoisotopic (exact) mass is 471 g/mol. The van der Waals surface area contributed by atoms with Gasteiger partial charge in [0.05, 0.1) is 10.7 Å². The number of carbonyl (C=O) groups is 1. The van der Waals surface area contributed by atoms with Crippen LogP contribution in [-0.4, -0.2) is 38.8 Å². The summed E-state index contributed by atoms with van der Waals surface area (Å²) in [4.78, 5) is 17.1. The molecule has 29 heavy (non-hydrogen) atoms. The average Bonchev–Trinajstić information content (AvgIpc) is 3.32. The van der Waals surface area contributed by atoms with Gasteiger partial charge in [-0.2, -0.15) is 0 Å². The fourth-order valence-electron chi connectivity index (χ4n) is 3.04. The summed E-state index contributed by atoms with van der Waals surface area (Å²) in [6.45, 7) is 1.64. The molecular formula is C19H17Cl4N5O. The Bertz CT molecular complexity index is 1020. The summed E-state index contributed by atoms with van der Waals surface area (Å²) in [5.41, 5.74) is 4.18. The number of hydrazine groups is 1. The summed E-state index contributed by atoms with van der Waals surface area (Å²) in [6.07, 6.45) is 2.11. The highest BCUT2D eigenvalue weighted by Crippen LogP contribution is 2.31. The first-order valence-electron chi connectivity index (χ1n) is 8.75. The molecule has 1 fully saturated rings. The Morgan fingerprint density at radius 2 is 1.62 bits per heavy atom. The molecule has 1 aliphatic rings. The normalized spacial score (nSPS) is 13.9. The van der Waals surface area contributed by atoms with Crippen molar-refractivity contribution in [1.29, 1.82) is 0 Å². The van der Waals surface area contributed by atoms with E-state index in [2.05, 4.69) is 15.5 Å². The van der Waals surface area contributed by atoms with Gasteiger partial charge in [0, 0.05) is 28.7 Å². The number of aromatic nitrogens is 3. The summed E-state index contributed by atoms with van der Waals surface area (Å²) in [5.74, 6) is 0.138. The molecule has 0 aliphatic carbocycles. The van der Waals surface area contributed by atoms with Gasteiger partial charge in [0.1, 0.15) is 0 Å². The third kappa shape index (κ3) is 4.85. The van der Waals surface area contributed by atoms with Crippen LogP contribution in [-0.2, 0) is 0 Å². The van der Waals surface area contributed by atoms with Gasteiger partial charge in [-0.3, -0.25) is 10.2 Å². The van der Waals surface area contributed by atoms with Crippen LogP contribution in [0.15, 0.2) is 42.5 Å². The molecule has 1 aliphatic heterocycles. The van der Waals surface area contributed by atoms with Crippen molar-refractivity contribution in [3.63, 3.8) is 0 Å². The molecule has 0 atom stereocenters. The van der Waals surface area contributed by atoms with Crippen LogP contribution in [0.5, 0.6) is 0 Å². The lowest BCUT2D eigenvalue weighted by Crippen LogP contribution is -2.40. The maximum atomic E-state index is 12.7. The first-order chi connectivity index (χ1) is 13.5. The van der Waals surface area contributed by atoms with Crippen molar-refractivity contribution in [2.45, 2.75) is 12.8 Å². The van der Waals surface area contributed by atoms with Crippen molar-refractivity contribution < 1.29 is 4.79 Å². The number of amides is 1. The third-order valence-corrected chi connectivity index (χ3v) is 5.22. The van der Waals surface area contributed by atoms with Gasteiger partial charge >= 0.3 is 5.91 Å². The maximum Gasteiger partial charge on any atom is 0.305 e. The summed E-state index contributed by atoms with van der Waals surface area (Å²) < 4.78 is 1.57. The number of rotatable bonds is 4. The van der Waals surface area contributed by atoms with Gasteiger partial charge in [-0.15, -0.1) is 17.5 Å². The number of benzene rings is 2. The zero-order chi connectivity index (χ0) is 19.7. The van der Waals surface area contributed by atoms with E-state index in [0.717, 1.165) is 25.9 Å². The molecule has 0 bridgehead atoms. The van der Waals surface area contributed by atoms with Crippen molar-refractivity contribution in [1.82, 2.24) is 25.2 Å². The lowest BCUT2D eigenvalue weighted by atomic mass is 10.2. The molecule has 2 aromatic carbocycles. The Hall–Kier alpha value is -1.83. The van der Waals surface area contributed by atoms with Gasteiger partial charge in [-0.25, -0.2) is 14.7 Å². The largest absolute Gasteiger partial charge is 0.305 e. The molecule has 6 nitrogen and oxygen atoms in total. The lowest BCUT2D eigenvalue weighted by Gasteiger charge is -2.14. The Morgan fingerprint density at radius 3 is 2.28 bits per heavy atom. The molecule has 1 saturated heterocycles. The quantitative estimate of drug-likeness (QED) is 0.576. The van der Waals surface area contributed by atoms with E-state index in [1.165, 1.54) is 0 Å². The second kappa shape index (κ2) is 9.32. The number of halogens is 4. The van der Waals surface area contributed by atoms with Gasteiger partial charge in [-0.1, -0.05) is 34.8 Å². The van der Waals surface area contributed by atoms with Crippen molar-refractivity contribution in [3.8, 4) is 17.1 Å². The van der Waals surface area contributed by atoms with Gasteiger partial charge < -0.3 is 0 Å². The van der Waals surface area contributed by atoms with Crippen LogP contribution < -0.4 is 5.43 Å². The van der Waals surface area contributed by atoms with Crippen molar-refractivity contribution in [2.24, 2.45) is 0 Å². The fraction of sp³-hybridized carbons (Fsp3) is 0.211. The highest BCUT2D eigenvalue weighted by atomic mass is 35.5. The first kappa shape index (κ1) is 21.9. The van der Waals surface area contributed by atoms with E-state index in [9.17, 15) is 4.79 Å². The fourth-order valence-corrected chi connectivity index (χ4v) is 3.66. The molecule has 4 rings (SSSR count). The summed E-state index contributed by atoms with van der Waals surface area (Å²) in [5, 5.41) is 7.83. The molecule has 0 unspecified atom stereocenters. The molecule has 0 radical (unpaired) electrons. The number of carbonyl (C=O) groups excluding carboxylic acids is 1. The van der Waals surface area contributed by atoms with E-state index < -0.39 is 0 Å². The lowest BCUT2D eigenvalue weighted by molar-refractivity contribution is 0.0814. The number of hydrogen-bond acceptors (Lipinski definition) is 4. The van der Waals surface area contributed by atoms with Crippen LogP contribution in [0.25, 0.3) is 17.1 Å². The van der Waals surface area contributed by atoms with Crippen LogP contribution in [0.4, 0.5) is 0 Å². The van der Waals surface area contributed by atoms with E-state index in [0.29, 0.717) is 32.1 Å². The molecule has 10 heteroatoms. The van der Waals surface area contributed by atoms with E-state index >= 15 is 0 Å². The zero-order valence-corrected chi connectivity index (χ0v) is 18.2. The molecule has 0 saturated carbocycles. The predicted molar refractivity (Wildman–Crippen MR) is 117 cm³/mol. The van der Waals surface area contributed by atoms with E-state index in [-0.39, 0.29) is 24.1 Å². The van der Waals surface area contributed by atoms with Crippen LogP contribution >= 0.6 is 47.2 Å².